The molecule has 0 aromatic heterocycles. The van der Waals surface area contributed by atoms with E-state index in [2.05, 4.69) is 17.4 Å². The van der Waals surface area contributed by atoms with Crippen LogP contribution in [0.25, 0.3) is 0 Å². The van der Waals surface area contributed by atoms with Crippen LogP contribution in [0.1, 0.15) is 25.3 Å². The molecule has 26 heavy (non-hydrogen) atoms. The van der Waals surface area contributed by atoms with E-state index < -0.39 is 6.10 Å². The van der Waals surface area contributed by atoms with E-state index in [1.54, 1.807) is 6.92 Å². The Morgan fingerprint density at radius 1 is 1.15 bits per heavy atom. The minimum atomic E-state index is -0.659. The van der Waals surface area contributed by atoms with Crippen molar-refractivity contribution in [1.82, 2.24) is 5.32 Å². The van der Waals surface area contributed by atoms with Crippen molar-refractivity contribution in [3.63, 3.8) is 0 Å². The number of carbonyl (C=O) groups excluding carboxylic acids is 1. The molecule has 3 rings (SSSR count). The van der Waals surface area contributed by atoms with Crippen molar-refractivity contribution >= 4 is 5.91 Å². The minimum absolute atomic E-state index is 0.120. The van der Waals surface area contributed by atoms with Gasteiger partial charge in [-0.1, -0.05) is 30.3 Å². The van der Waals surface area contributed by atoms with Crippen molar-refractivity contribution in [3.8, 4) is 5.75 Å². The summed E-state index contributed by atoms with van der Waals surface area (Å²) in [4.78, 5) is 12.5. The molecule has 4 nitrogen and oxygen atoms in total. The number of hydrogen-bond acceptors (Lipinski definition) is 3. The normalized spacial score (nSPS) is 17.3. The molecule has 1 amide bonds. The quantitative estimate of drug-likeness (QED) is 0.861. The Hall–Kier alpha value is -2.40. The molecule has 1 fully saturated rings. The van der Waals surface area contributed by atoms with Crippen LogP contribution in [-0.4, -0.2) is 31.8 Å². The van der Waals surface area contributed by atoms with E-state index in [-0.39, 0.29) is 17.1 Å². The zero-order valence-electron chi connectivity index (χ0n) is 14.9. The zero-order valence-corrected chi connectivity index (χ0v) is 14.9. The number of hydrogen-bond donors (Lipinski definition) is 1. The smallest absolute Gasteiger partial charge is 0.260 e. The first-order valence-corrected chi connectivity index (χ1v) is 8.92. The summed E-state index contributed by atoms with van der Waals surface area (Å²) >= 11 is 0. The molecule has 1 atom stereocenters. The Morgan fingerprint density at radius 3 is 2.46 bits per heavy atom. The summed E-state index contributed by atoms with van der Waals surface area (Å²) in [5.74, 6) is -0.0483. The van der Waals surface area contributed by atoms with E-state index in [1.807, 2.05) is 18.2 Å². The second kappa shape index (κ2) is 8.32. The van der Waals surface area contributed by atoms with Crippen LogP contribution in [-0.2, 0) is 14.9 Å². The minimum Gasteiger partial charge on any atom is -0.481 e. The van der Waals surface area contributed by atoms with Gasteiger partial charge in [-0.3, -0.25) is 4.79 Å². The van der Waals surface area contributed by atoms with Gasteiger partial charge < -0.3 is 14.8 Å². The Balaban J connectivity index is 1.63. The SMILES string of the molecule is CC(Oc1ccc(F)cc1)C(=O)NCC1(c2ccccc2)CCOCC1. The van der Waals surface area contributed by atoms with Gasteiger partial charge in [0, 0.05) is 25.2 Å². The monoisotopic (exact) mass is 357 g/mol. The molecule has 0 bridgehead atoms. The first-order valence-electron chi connectivity index (χ1n) is 8.92. The molecule has 5 heteroatoms. The van der Waals surface area contributed by atoms with E-state index in [0.29, 0.717) is 25.5 Å². The van der Waals surface area contributed by atoms with E-state index in [9.17, 15) is 9.18 Å². The van der Waals surface area contributed by atoms with Crippen molar-refractivity contribution in [2.45, 2.75) is 31.3 Å². The number of carbonyl (C=O) groups is 1. The molecular formula is C21H24FNO3. The highest BCUT2D eigenvalue weighted by Crippen LogP contribution is 2.34. The third-order valence-electron chi connectivity index (χ3n) is 4.93. The Morgan fingerprint density at radius 2 is 1.81 bits per heavy atom. The predicted octanol–water partition coefficient (Wildman–Crippen LogP) is 3.46. The van der Waals surface area contributed by atoms with Crippen LogP contribution < -0.4 is 10.1 Å². The van der Waals surface area contributed by atoms with E-state index in [4.69, 9.17) is 9.47 Å². The lowest BCUT2D eigenvalue weighted by atomic mass is 9.74. The van der Waals surface area contributed by atoms with Crippen LogP contribution in [0.2, 0.25) is 0 Å². The number of halogens is 1. The molecule has 138 valence electrons. The highest BCUT2D eigenvalue weighted by molar-refractivity contribution is 5.80. The fourth-order valence-electron chi connectivity index (χ4n) is 3.29. The van der Waals surface area contributed by atoms with Crippen molar-refractivity contribution < 1.29 is 18.7 Å². The maximum absolute atomic E-state index is 13.0. The Kier molecular flexibility index (Phi) is 5.89. The van der Waals surface area contributed by atoms with Gasteiger partial charge >= 0.3 is 0 Å². The van der Waals surface area contributed by atoms with Gasteiger partial charge in [0.2, 0.25) is 0 Å². The van der Waals surface area contributed by atoms with Gasteiger partial charge in [-0.2, -0.15) is 0 Å². The second-order valence-electron chi connectivity index (χ2n) is 6.69. The summed E-state index contributed by atoms with van der Waals surface area (Å²) in [6.07, 6.45) is 1.07. The fourth-order valence-corrected chi connectivity index (χ4v) is 3.29. The highest BCUT2D eigenvalue weighted by atomic mass is 19.1. The zero-order chi connectivity index (χ0) is 18.4. The van der Waals surface area contributed by atoms with Crippen LogP contribution in [0.15, 0.2) is 54.6 Å². The van der Waals surface area contributed by atoms with E-state index in [0.717, 1.165) is 12.8 Å². The average Bonchev–Trinajstić information content (AvgIpc) is 2.69. The maximum Gasteiger partial charge on any atom is 0.260 e. The number of ether oxygens (including phenoxy) is 2. The third-order valence-corrected chi connectivity index (χ3v) is 4.93. The maximum atomic E-state index is 13.0. The third kappa shape index (κ3) is 4.41. The molecule has 2 aromatic rings. The molecule has 0 radical (unpaired) electrons. The summed E-state index contributed by atoms with van der Waals surface area (Å²) < 4.78 is 24.1. The van der Waals surface area contributed by atoms with Gasteiger partial charge in [0.15, 0.2) is 6.10 Å². The van der Waals surface area contributed by atoms with E-state index in [1.165, 1.54) is 29.8 Å². The van der Waals surface area contributed by atoms with Crippen LogP contribution >= 0.6 is 0 Å². The van der Waals surface area contributed by atoms with Crippen LogP contribution in [0.5, 0.6) is 5.75 Å². The van der Waals surface area contributed by atoms with Crippen LogP contribution in [0.4, 0.5) is 4.39 Å². The highest BCUT2D eigenvalue weighted by Gasteiger charge is 2.35. The number of nitrogens with one attached hydrogen (secondary N) is 1. The largest absolute Gasteiger partial charge is 0.481 e. The summed E-state index contributed by atoms with van der Waals surface area (Å²) in [5, 5.41) is 3.03. The first kappa shape index (κ1) is 18.4. The standard InChI is InChI=1S/C21H24FNO3/c1-16(26-19-9-7-18(22)8-10-19)20(24)23-15-21(11-13-25-14-12-21)17-5-3-2-4-6-17/h2-10,16H,11-15H2,1H3,(H,23,24). The number of benzene rings is 2. The van der Waals surface area contributed by atoms with Crippen LogP contribution in [0, 0.1) is 5.82 Å². The Bertz CT molecular complexity index is 712. The molecule has 1 N–H and O–H groups in total. The van der Waals surface area contributed by atoms with Gasteiger partial charge in [-0.15, -0.1) is 0 Å². The van der Waals surface area contributed by atoms with E-state index >= 15 is 0 Å². The molecule has 1 aliphatic rings. The van der Waals surface area contributed by atoms with Crippen molar-refractivity contribution in [1.29, 1.82) is 0 Å². The molecule has 1 saturated heterocycles. The number of amides is 1. The predicted molar refractivity (Wildman–Crippen MR) is 97.7 cm³/mol. The molecule has 2 aromatic carbocycles. The summed E-state index contributed by atoms with van der Waals surface area (Å²) in [5.41, 5.74) is 1.10. The Labute approximate surface area is 153 Å². The molecule has 1 aliphatic heterocycles. The molecule has 1 heterocycles. The fraction of sp³-hybridized carbons (Fsp3) is 0.381. The molecule has 0 aliphatic carbocycles. The molecule has 0 saturated carbocycles. The van der Waals surface area contributed by atoms with Gasteiger partial charge in [0.25, 0.3) is 5.91 Å². The van der Waals surface area contributed by atoms with Crippen molar-refractivity contribution in [2.24, 2.45) is 0 Å². The lowest BCUT2D eigenvalue weighted by molar-refractivity contribution is -0.127. The topological polar surface area (TPSA) is 47.6 Å². The lowest BCUT2D eigenvalue weighted by Crippen LogP contribution is -2.47. The second-order valence-corrected chi connectivity index (χ2v) is 6.69. The van der Waals surface area contributed by atoms with Crippen molar-refractivity contribution in [2.75, 3.05) is 19.8 Å². The number of rotatable bonds is 6. The van der Waals surface area contributed by atoms with Gasteiger partial charge in [0.1, 0.15) is 11.6 Å². The average molecular weight is 357 g/mol. The first-order chi connectivity index (χ1) is 12.6. The van der Waals surface area contributed by atoms with Gasteiger partial charge in [-0.25, -0.2) is 4.39 Å². The summed E-state index contributed by atoms with van der Waals surface area (Å²) in [6.45, 7) is 3.60. The lowest BCUT2D eigenvalue weighted by Gasteiger charge is -2.38. The van der Waals surface area contributed by atoms with Gasteiger partial charge in [0.05, 0.1) is 0 Å². The molecule has 0 spiro atoms. The van der Waals surface area contributed by atoms with Crippen LogP contribution in [0.3, 0.4) is 0 Å². The van der Waals surface area contributed by atoms with Gasteiger partial charge in [-0.05, 0) is 49.6 Å². The van der Waals surface area contributed by atoms with Crippen molar-refractivity contribution in [3.05, 3.63) is 66.0 Å². The summed E-state index contributed by atoms with van der Waals surface area (Å²) in [7, 11) is 0. The molecular weight excluding hydrogens is 333 g/mol. The summed E-state index contributed by atoms with van der Waals surface area (Å²) in [6, 6.07) is 15.9. The molecule has 1 unspecified atom stereocenters.